The van der Waals surface area contributed by atoms with Crippen LogP contribution >= 0.6 is 24.0 Å². The number of hydrogen-bond donors (Lipinski definition) is 3. The van der Waals surface area contributed by atoms with Crippen molar-refractivity contribution >= 4 is 41.5 Å². The van der Waals surface area contributed by atoms with Crippen molar-refractivity contribution in [3.8, 4) is 5.75 Å². The number of aliphatic imine (C=N–C) groups is 1. The fraction of sp³-hybridized carbons (Fsp3) is 0.263. The van der Waals surface area contributed by atoms with Crippen LogP contribution in [0.2, 0.25) is 0 Å². The quantitative estimate of drug-likeness (QED) is 0.333. The van der Waals surface area contributed by atoms with E-state index < -0.39 is 0 Å². The lowest BCUT2D eigenvalue weighted by molar-refractivity contribution is -0.114. The molecule has 0 aromatic heterocycles. The monoisotopic (exact) mass is 486 g/mol. The van der Waals surface area contributed by atoms with Gasteiger partial charge in [-0.1, -0.05) is 18.2 Å². The van der Waals surface area contributed by atoms with Gasteiger partial charge < -0.3 is 20.7 Å². The van der Waals surface area contributed by atoms with E-state index in [1.807, 2.05) is 12.1 Å². The number of halogens is 2. The van der Waals surface area contributed by atoms with Gasteiger partial charge in [-0.2, -0.15) is 0 Å². The molecule has 0 fully saturated rings. The van der Waals surface area contributed by atoms with Gasteiger partial charge >= 0.3 is 0 Å². The summed E-state index contributed by atoms with van der Waals surface area (Å²) in [5, 5.41) is 9.11. The molecular weight excluding hydrogens is 462 g/mol. The Hall–Kier alpha value is -2.36. The van der Waals surface area contributed by atoms with Crippen molar-refractivity contribution in [3.05, 3.63) is 59.4 Å². The van der Waals surface area contributed by atoms with Crippen LogP contribution in [0.4, 0.5) is 10.1 Å². The maximum Gasteiger partial charge on any atom is 0.221 e. The Morgan fingerprint density at radius 1 is 1.07 bits per heavy atom. The van der Waals surface area contributed by atoms with Crippen LogP contribution in [0.3, 0.4) is 0 Å². The van der Waals surface area contributed by atoms with E-state index in [0.29, 0.717) is 30.5 Å². The van der Waals surface area contributed by atoms with Crippen molar-refractivity contribution in [1.29, 1.82) is 0 Å². The second-order valence-electron chi connectivity index (χ2n) is 5.62. The summed E-state index contributed by atoms with van der Waals surface area (Å²) in [7, 11) is 3.23. The Balaban J connectivity index is 0.00000364. The van der Waals surface area contributed by atoms with Gasteiger partial charge in [-0.25, -0.2) is 4.39 Å². The normalized spacial score (nSPS) is 10.6. The van der Waals surface area contributed by atoms with Crippen molar-refractivity contribution in [2.24, 2.45) is 4.99 Å². The second kappa shape index (κ2) is 11.4. The smallest absolute Gasteiger partial charge is 0.221 e. The third-order valence-electron chi connectivity index (χ3n) is 3.63. The molecule has 0 saturated heterocycles. The number of methoxy groups -OCH3 is 1. The van der Waals surface area contributed by atoms with Gasteiger partial charge in [0.05, 0.1) is 12.8 Å². The van der Waals surface area contributed by atoms with Gasteiger partial charge in [-0.15, -0.1) is 24.0 Å². The van der Waals surface area contributed by atoms with E-state index in [9.17, 15) is 9.18 Å². The minimum absolute atomic E-state index is 0. The van der Waals surface area contributed by atoms with E-state index in [1.165, 1.54) is 19.1 Å². The molecule has 0 spiro atoms. The highest BCUT2D eigenvalue weighted by Gasteiger charge is 2.07. The van der Waals surface area contributed by atoms with Crippen LogP contribution < -0.4 is 20.7 Å². The van der Waals surface area contributed by atoms with Gasteiger partial charge in [0, 0.05) is 27.1 Å². The zero-order chi connectivity index (χ0) is 18.9. The molecule has 2 aromatic rings. The summed E-state index contributed by atoms with van der Waals surface area (Å²) >= 11 is 0. The number of nitrogens with one attached hydrogen (secondary N) is 3. The number of amides is 1. The third kappa shape index (κ3) is 7.41. The Morgan fingerprint density at radius 2 is 1.67 bits per heavy atom. The molecule has 0 heterocycles. The zero-order valence-electron chi connectivity index (χ0n) is 15.5. The van der Waals surface area contributed by atoms with Crippen LogP contribution in [0.5, 0.6) is 5.75 Å². The molecule has 3 N–H and O–H groups in total. The number of ether oxygens (including phenoxy) is 1. The van der Waals surface area contributed by atoms with Gasteiger partial charge in [-0.3, -0.25) is 9.79 Å². The number of anilines is 1. The Kier molecular flexibility index (Phi) is 9.55. The van der Waals surface area contributed by atoms with Crippen LogP contribution in [-0.4, -0.2) is 26.0 Å². The van der Waals surface area contributed by atoms with E-state index in [4.69, 9.17) is 4.74 Å². The number of carbonyl (C=O) groups excluding carboxylic acids is 1. The number of hydrogen-bond acceptors (Lipinski definition) is 3. The predicted octanol–water partition coefficient (Wildman–Crippen LogP) is 3.28. The number of benzene rings is 2. The molecule has 0 unspecified atom stereocenters. The number of nitrogens with zero attached hydrogens (tertiary/aromatic N) is 1. The zero-order valence-corrected chi connectivity index (χ0v) is 17.8. The lowest BCUT2D eigenvalue weighted by Gasteiger charge is -2.14. The fourth-order valence-corrected chi connectivity index (χ4v) is 2.35. The molecule has 0 radical (unpaired) electrons. The van der Waals surface area contributed by atoms with Gasteiger partial charge in [0.15, 0.2) is 5.96 Å². The van der Waals surface area contributed by atoms with Crippen molar-refractivity contribution in [3.63, 3.8) is 0 Å². The van der Waals surface area contributed by atoms with Crippen LogP contribution in [-0.2, 0) is 17.9 Å². The molecule has 2 rings (SSSR count). The third-order valence-corrected chi connectivity index (χ3v) is 3.63. The highest BCUT2D eigenvalue weighted by Crippen LogP contribution is 2.25. The molecule has 146 valence electrons. The molecule has 8 heteroatoms. The first-order chi connectivity index (χ1) is 12.5. The average molecular weight is 486 g/mol. The first-order valence-corrected chi connectivity index (χ1v) is 8.15. The number of rotatable bonds is 6. The summed E-state index contributed by atoms with van der Waals surface area (Å²) in [5.74, 6) is 0.796. The van der Waals surface area contributed by atoms with E-state index in [-0.39, 0.29) is 35.7 Å². The first-order valence-electron chi connectivity index (χ1n) is 8.15. The highest BCUT2D eigenvalue weighted by molar-refractivity contribution is 14.0. The topological polar surface area (TPSA) is 74.8 Å². The molecule has 0 saturated carbocycles. The molecule has 0 aliphatic carbocycles. The lowest BCUT2D eigenvalue weighted by Crippen LogP contribution is -2.36. The summed E-state index contributed by atoms with van der Waals surface area (Å²) < 4.78 is 18.2. The van der Waals surface area contributed by atoms with Crippen molar-refractivity contribution in [2.75, 3.05) is 19.5 Å². The molecule has 0 bridgehead atoms. The molecule has 0 aliphatic heterocycles. The minimum Gasteiger partial charge on any atom is -0.495 e. The van der Waals surface area contributed by atoms with Crippen molar-refractivity contribution in [1.82, 2.24) is 10.6 Å². The average Bonchev–Trinajstić information content (AvgIpc) is 2.63. The SMILES string of the molecule is CN=C(NCc1ccc(F)cc1)NCc1ccc(OC)c(NC(C)=O)c1.I. The van der Waals surface area contributed by atoms with Crippen molar-refractivity contribution < 1.29 is 13.9 Å². The van der Waals surface area contributed by atoms with Crippen LogP contribution in [0, 0.1) is 5.82 Å². The van der Waals surface area contributed by atoms with Gasteiger partial charge in [0.25, 0.3) is 0 Å². The molecular formula is C19H24FIN4O2. The van der Waals surface area contributed by atoms with Crippen molar-refractivity contribution in [2.45, 2.75) is 20.0 Å². The first kappa shape index (κ1) is 22.7. The predicted molar refractivity (Wildman–Crippen MR) is 116 cm³/mol. The molecule has 27 heavy (non-hydrogen) atoms. The van der Waals surface area contributed by atoms with Crippen LogP contribution in [0.1, 0.15) is 18.1 Å². The summed E-state index contributed by atoms with van der Waals surface area (Å²) in [5.41, 5.74) is 2.53. The summed E-state index contributed by atoms with van der Waals surface area (Å²) in [6.07, 6.45) is 0. The summed E-state index contributed by atoms with van der Waals surface area (Å²) in [6.45, 7) is 2.49. The van der Waals surface area contributed by atoms with Crippen LogP contribution in [0.25, 0.3) is 0 Å². The van der Waals surface area contributed by atoms with Gasteiger partial charge in [0.2, 0.25) is 5.91 Å². The maximum atomic E-state index is 12.9. The largest absolute Gasteiger partial charge is 0.495 e. The maximum absolute atomic E-state index is 12.9. The number of guanidine groups is 1. The molecule has 0 aliphatic rings. The second-order valence-corrected chi connectivity index (χ2v) is 5.62. The summed E-state index contributed by atoms with van der Waals surface area (Å²) in [4.78, 5) is 15.5. The highest BCUT2D eigenvalue weighted by atomic mass is 127. The minimum atomic E-state index is -0.259. The Labute approximate surface area is 175 Å². The van der Waals surface area contributed by atoms with Gasteiger partial charge in [0.1, 0.15) is 11.6 Å². The molecule has 0 atom stereocenters. The van der Waals surface area contributed by atoms with E-state index >= 15 is 0 Å². The van der Waals surface area contributed by atoms with E-state index in [0.717, 1.165) is 11.1 Å². The van der Waals surface area contributed by atoms with E-state index in [2.05, 4.69) is 20.9 Å². The summed E-state index contributed by atoms with van der Waals surface area (Å²) in [6, 6.07) is 11.8. The molecule has 6 nitrogen and oxygen atoms in total. The van der Waals surface area contributed by atoms with Crippen LogP contribution in [0.15, 0.2) is 47.5 Å². The van der Waals surface area contributed by atoms with Gasteiger partial charge in [-0.05, 0) is 35.4 Å². The number of carbonyl (C=O) groups is 1. The Bertz CT molecular complexity index is 782. The molecule has 2 aromatic carbocycles. The van der Waals surface area contributed by atoms with E-state index in [1.54, 1.807) is 32.4 Å². The molecule has 1 amide bonds. The lowest BCUT2D eigenvalue weighted by atomic mass is 10.2. The fourth-order valence-electron chi connectivity index (χ4n) is 2.35. The Morgan fingerprint density at radius 3 is 2.22 bits per heavy atom. The standard InChI is InChI=1S/C19H23FN4O2.HI/c1-13(25)24-17-10-15(6-9-18(17)26-3)12-23-19(21-2)22-11-14-4-7-16(20)8-5-14;/h4-10H,11-12H2,1-3H3,(H,24,25)(H2,21,22,23);1H.